The Morgan fingerprint density at radius 3 is 2.85 bits per heavy atom. The Bertz CT molecular complexity index is 1280. The molecule has 0 radical (unpaired) electrons. The van der Waals surface area contributed by atoms with Crippen LogP contribution >= 0.6 is 0 Å². The van der Waals surface area contributed by atoms with E-state index in [0.29, 0.717) is 48.9 Å². The van der Waals surface area contributed by atoms with E-state index in [1.165, 1.54) is 11.1 Å². The zero-order chi connectivity index (χ0) is 24.0. The van der Waals surface area contributed by atoms with Gasteiger partial charge < -0.3 is 26.0 Å². The Hall–Kier alpha value is -3.50. The van der Waals surface area contributed by atoms with Gasteiger partial charge in [-0.3, -0.25) is 9.88 Å². The van der Waals surface area contributed by atoms with Crippen LogP contribution < -0.4 is 16.0 Å². The first-order chi connectivity index (χ1) is 16.4. The SMILES string of the molecule is Cc1c(-c2cc3cc(N(C(=O)O)[C@H]4CCOC4)ncc3c(N)c2F)cnc2c1NC[C@H](CO)C2. The Balaban J connectivity index is 1.61. The van der Waals surface area contributed by atoms with Gasteiger partial charge in [0.1, 0.15) is 5.82 Å². The molecule has 0 aliphatic carbocycles. The number of nitrogens with one attached hydrogen (secondary N) is 1. The molecule has 2 aliphatic rings. The number of halogens is 1. The van der Waals surface area contributed by atoms with Crippen molar-refractivity contribution in [2.75, 3.05) is 42.3 Å². The smallest absolute Gasteiger partial charge is 0.413 e. The lowest BCUT2D eigenvalue weighted by atomic mass is 9.92. The number of hydrogen-bond donors (Lipinski definition) is 4. The molecule has 5 N–H and O–H groups in total. The maximum absolute atomic E-state index is 15.4. The number of pyridine rings is 2. The van der Waals surface area contributed by atoms with Crippen LogP contribution in [-0.2, 0) is 11.2 Å². The molecule has 2 aromatic heterocycles. The average molecular weight is 468 g/mol. The Morgan fingerprint density at radius 1 is 1.32 bits per heavy atom. The Morgan fingerprint density at radius 2 is 2.15 bits per heavy atom. The van der Waals surface area contributed by atoms with Crippen molar-refractivity contribution in [1.29, 1.82) is 0 Å². The van der Waals surface area contributed by atoms with Crippen molar-refractivity contribution in [1.82, 2.24) is 9.97 Å². The molecular weight excluding hydrogens is 441 g/mol. The third-order valence-corrected chi connectivity index (χ3v) is 6.72. The van der Waals surface area contributed by atoms with Crippen LogP contribution in [0.25, 0.3) is 21.9 Å². The maximum atomic E-state index is 15.4. The molecular formula is C24H26FN5O4. The number of aromatic nitrogens is 2. The molecule has 3 aromatic rings. The number of nitrogen functional groups attached to an aromatic ring is 1. The lowest BCUT2D eigenvalue weighted by Gasteiger charge is -2.26. The molecule has 0 bridgehead atoms. The van der Waals surface area contributed by atoms with E-state index in [2.05, 4.69) is 15.3 Å². The molecule has 0 saturated carbocycles. The number of benzene rings is 1. The first kappa shape index (κ1) is 22.3. The van der Waals surface area contributed by atoms with Gasteiger partial charge in [0.25, 0.3) is 0 Å². The number of carbonyl (C=O) groups is 1. The molecule has 34 heavy (non-hydrogen) atoms. The number of amides is 1. The maximum Gasteiger partial charge on any atom is 0.413 e. The van der Waals surface area contributed by atoms with Gasteiger partial charge in [-0.05, 0) is 42.8 Å². The van der Waals surface area contributed by atoms with Gasteiger partial charge >= 0.3 is 6.09 Å². The molecule has 0 unspecified atom stereocenters. The van der Waals surface area contributed by atoms with Crippen LogP contribution in [0.5, 0.6) is 0 Å². The Labute approximate surface area is 195 Å². The van der Waals surface area contributed by atoms with Crippen molar-refractivity contribution >= 4 is 34.1 Å². The van der Waals surface area contributed by atoms with Gasteiger partial charge in [-0.25, -0.2) is 14.2 Å². The quantitative estimate of drug-likeness (QED) is 0.430. The van der Waals surface area contributed by atoms with Crippen molar-refractivity contribution in [2.24, 2.45) is 5.92 Å². The monoisotopic (exact) mass is 467 g/mol. The predicted molar refractivity (Wildman–Crippen MR) is 127 cm³/mol. The molecule has 1 saturated heterocycles. The molecule has 4 heterocycles. The summed E-state index contributed by atoms with van der Waals surface area (Å²) in [4.78, 5) is 22.0. The van der Waals surface area contributed by atoms with Crippen molar-refractivity contribution in [3.05, 3.63) is 41.6 Å². The standard InChI is InChI=1S/C24H26FN5O4/c1-12-17(8-27-19-4-13(10-31)7-29-23(12)19)16-5-14-6-20(28-9-18(14)22(26)21(16)25)30(24(32)33)15-2-3-34-11-15/h5-6,8-9,13,15,29,31H,2-4,7,10-11,26H2,1H3,(H,32,33)/t13-,15+/m1/s1. The number of fused-ring (bicyclic) bond motifs is 2. The topological polar surface area (TPSA) is 134 Å². The molecule has 1 aromatic carbocycles. The third kappa shape index (κ3) is 3.68. The summed E-state index contributed by atoms with van der Waals surface area (Å²) in [6.45, 7) is 3.37. The van der Waals surface area contributed by atoms with E-state index in [4.69, 9.17) is 10.5 Å². The van der Waals surface area contributed by atoms with Crippen molar-refractivity contribution in [3.63, 3.8) is 0 Å². The van der Waals surface area contributed by atoms with E-state index in [0.717, 1.165) is 16.9 Å². The molecule has 10 heteroatoms. The molecule has 1 fully saturated rings. The van der Waals surface area contributed by atoms with Gasteiger partial charge in [-0.15, -0.1) is 0 Å². The second kappa shape index (κ2) is 8.69. The highest BCUT2D eigenvalue weighted by Crippen LogP contribution is 2.39. The lowest BCUT2D eigenvalue weighted by Crippen LogP contribution is -2.40. The number of aliphatic hydroxyl groups excluding tert-OH is 1. The van der Waals surface area contributed by atoms with Crippen LogP contribution in [0.2, 0.25) is 0 Å². The predicted octanol–water partition coefficient (Wildman–Crippen LogP) is 3.18. The van der Waals surface area contributed by atoms with Crippen LogP contribution in [-0.4, -0.2) is 58.7 Å². The van der Waals surface area contributed by atoms with Gasteiger partial charge in [0.15, 0.2) is 5.82 Å². The highest BCUT2D eigenvalue weighted by molar-refractivity contribution is 5.99. The fraction of sp³-hybridized carbons (Fsp3) is 0.375. The van der Waals surface area contributed by atoms with Crippen LogP contribution in [0.4, 0.5) is 26.4 Å². The summed E-state index contributed by atoms with van der Waals surface area (Å²) in [5.41, 5.74) is 9.50. The summed E-state index contributed by atoms with van der Waals surface area (Å²) >= 11 is 0. The fourth-order valence-corrected chi connectivity index (χ4v) is 4.82. The summed E-state index contributed by atoms with van der Waals surface area (Å²) in [6, 6.07) is 2.94. The summed E-state index contributed by atoms with van der Waals surface area (Å²) in [5.74, 6) is -0.244. The largest absolute Gasteiger partial charge is 0.465 e. The first-order valence-corrected chi connectivity index (χ1v) is 11.2. The van der Waals surface area contributed by atoms with E-state index >= 15 is 4.39 Å². The number of nitrogens with zero attached hydrogens (tertiary/aromatic N) is 3. The highest BCUT2D eigenvalue weighted by atomic mass is 19.1. The van der Waals surface area contributed by atoms with Crippen LogP contribution in [0, 0.1) is 18.7 Å². The van der Waals surface area contributed by atoms with Crippen molar-refractivity contribution < 1.29 is 24.1 Å². The van der Waals surface area contributed by atoms with E-state index in [1.807, 2.05) is 6.92 Å². The van der Waals surface area contributed by atoms with E-state index in [-0.39, 0.29) is 35.6 Å². The minimum Gasteiger partial charge on any atom is -0.465 e. The number of nitrogens with two attached hydrogens (primary N) is 1. The minimum atomic E-state index is -1.13. The average Bonchev–Trinajstić information content (AvgIpc) is 3.35. The molecule has 5 rings (SSSR count). The summed E-state index contributed by atoms with van der Waals surface area (Å²) in [5, 5.41) is 23.6. The van der Waals surface area contributed by atoms with E-state index in [1.54, 1.807) is 18.3 Å². The molecule has 178 valence electrons. The summed E-state index contributed by atoms with van der Waals surface area (Å²) in [7, 11) is 0. The number of carboxylic acid groups (broad SMARTS) is 1. The van der Waals surface area contributed by atoms with Crippen LogP contribution in [0.3, 0.4) is 0 Å². The zero-order valence-electron chi connectivity index (χ0n) is 18.7. The minimum absolute atomic E-state index is 0.0527. The number of ether oxygens (including phenoxy) is 1. The second-order valence-corrected chi connectivity index (χ2v) is 8.84. The fourth-order valence-electron chi connectivity index (χ4n) is 4.82. The summed E-state index contributed by atoms with van der Waals surface area (Å²) in [6.07, 6.45) is 3.13. The number of aliphatic hydroxyl groups is 1. The van der Waals surface area contributed by atoms with Gasteiger partial charge in [0.2, 0.25) is 0 Å². The summed E-state index contributed by atoms with van der Waals surface area (Å²) < 4.78 is 20.8. The highest BCUT2D eigenvalue weighted by Gasteiger charge is 2.30. The van der Waals surface area contributed by atoms with Gasteiger partial charge in [0.05, 0.1) is 29.7 Å². The van der Waals surface area contributed by atoms with Gasteiger partial charge in [-0.1, -0.05) is 0 Å². The van der Waals surface area contributed by atoms with Crippen LogP contribution in [0.15, 0.2) is 24.5 Å². The second-order valence-electron chi connectivity index (χ2n) is 8.84. The first-order valence-electron chi connectivity index (χ1n) is 11.2. The third-order valence-electron chi connectivity index (χ3n) is 6.72. The molecule has 1 amide bonds. The molecule has 9 nitrogen and oxygen atoms in total. The number of rotatable bonds is 4. The Kier molecular flexibility index (Phi) is 5.70. The normalized spacial score (nSPS) is 19.6. The number of anilines is 3. The van der Waals surface area contributed by atoms with Crippen LogP contribution in [0.1, 0.15) is 17.7 Å². The molecule has 0 spiro atoms. The van der Waals surface area contributed by atoms with Crippen molar-refractivity contribution in [3.8, 4) is 11.1 Å². The zero-order valence-corrected chi connectivity index (χ0v) is 18.7. The van der Waals surface area contributed by atoms with E-state index < -0.39 is 11.9 Å². The number of hydrogen-bond acceptors (Lipinski definition) is 7. The van der Waals surface area contributed by atoms with E-state index in [9.17, 15) is 15.0 Å². The van der Waals surface area contributed by atoms with Gasteiger partial charge in [0, 0.05) is 54.6 Å². The molecule has 2 aliphatic heterocycles. The van der Waals surface area contributed by atoms with Crippen molar-refractivity contribution in [2.45, 2.75) is 25.8 Å². The van der Waals surface area contributed by atoms with Gasteiger partial charge in [-0.2, -0.15) is 0 Å². The lowest BCUT2D eigenvalue weighted by molar-refractivity contribution is 0.183. The molecule has 2 atom stereocenters.